The summed E-state index contributed by atoms with van der Waals surface area (Å²) in [6.45, 7) is 3.55. The zero-order chi connectivity index (χ0) is 11.7. The van der Waals surface area contributed by atoms with Crippen LogP contribution in [0.1, 0.15) is 13.8 Å². The van der Waals surface area contributed by atoms with Crippen LogP contribution in [0.2, 0.25) is 0 Å². The van der Waals surface area contributed by atoms with Crippen LogP contribution >= 0.6 is 0 Å². The van der Waals surface area contributed by atoms with Gasteiger partial charge in [0.2, 0.25) is 0 Å². The van der Waals surface area contributed by atoms with Gasteiger partial charge >= 0.3 is 12.0 Å². The van der Waals surface area contributed by atoms with Crippen molar-refractivity contribution < 1.29 is 14.3 Å². The number of hydrogen-bond donors (Lipinski definition) is 0. The Morgan fingerprint density at radius 2 is 1.93 bits per heavy atom. The Hall–Kier alpha value is -1.52. The molecule has 5 heteroatoms. The summed E-state index contributed by atoms with van der Waals surface area (Å²) in [5.74, 6) is -0.383. The van der Waals surface area contributed by atoms with Crippen LogP contribution in [-0.4, -0.2) is 49.0 Å². The molecule has 1 unspecified atom stereocenters. The zero-order valence-electron chi connectivity index (χ0n) is 9.70. The van der Waals surface area contributed by atoms with E-state index in [0.29, 0.717) is 11.3 Å². The maximum absolute atomic E-state index is 11.7. The smallest absolute Gasteiger partial charge is 0.337 e. The standard InChI is InChI=1S/C10H16N2O3/c1-6-8(9(13)15-5)7(2)12(4)10(14)11(6)3/h6H,1-5H3. The predicted octanol–water partition coefficient (Wildman–Crippen LogP) is 0.819. The third-order valence-corrected chi connectivity index (χ3v) is 2.89. The van der Waals surface area contributed by atoms with Crippen LogP contribution in [-0.2, 0) is 9.53 Å². The summed E-state index contributed by atoms with van der Waals surface area (Å²) in [7, 11) is 4.65. The van der Waals surface area contributed by atoms with Crippen molar-refractivity contribution in [2.24, 2.45) is 0 Å². The van der Waals surface area contributed by atoms with Gasteiger partial charge in [0.15, 0.2) is 0 Å². The highest BCUT2D eigenvalue weighted by atomic mass is 16.5. The van der Waals surface area contributed by atoms with Gasteiger partial charge < -0.3 is 14.5 Å². The molecule has 0 saturated carbocycles. The van der Waals surface area contributed by atoms with Gasteiger partial charge in [-0.2, -0.15) is 0 Å². The lowest BCUT2D eigenvalue weighted by atomic mass is 10.0. The van der Waals surface area contributed by atoms with E-state index in [1.165, 1.54) is 16.9 Å². The number of esters is 1. The monoisotopic (exact) mass is 212 g/mol. The highest BCUT2D eigenvalue weighted by molar-refractivity contribution is 5.94. The molecule has 0 aromatic carbocycles. The molecule has 0 fully saturated rings. The number of rotatable bonds is 1. The molecule has 15 heavy (non-hydrogen) atoms. The number of urea groups is 1. The van der Waals surface area contributed by atoms with Gasteiger partial charge in [0.25, 0.3) is 0 Å². The molecule has 2 amide bonds. The number of allylic oxidation sites excluding steroid dienone is 1. The fraction of sp³-hybridized carbons (Fsp3) is 0.600. The van der Waals surface area contributed by atoms with Gasteiger partial charge in [-0.3, -0.25) is 0 Å². The zero-order valence-corrected chi connectivity index (χ0v) is 9.70. The van der Waals surface area contributed by atoms with Crippen molar-refractivity contribution in [1.29, 1.82) is 0 Å². The molecular formula is C10H16N2O3. The van der Waals surface area contributed by atoms with Crippen LogP contribution in [0.4, 0.5) is 4.79 Å². The Balaban J connectivity index is 3.21. The summed E-state index contributed by atoms with van der Waals surface area (Å²) >= 11 is 0. The number of nitrogens with zero attached hydrogens (tertiary/aromatic N) is 2. The van der Waals surface area contributed by atoms with Gasteiger partial charge in [-0.1, -0.05) is 0 Å². The molecule has 0 radical (unpaired) electrons. The molecule has 0 aromatic rings. The summed E-state index contributed by atoms with van der Waals surface area (Å²) in [5.41, 5.74) is 1.18. The van der Waals surface area contributed by atoms with E-state index in [1.807, 2.05) is 0 Å². The summed E-state index contributed by atoms with van der Waals surface area (Å²) in [6, 6.07) is -0.367. The van der Waals surface area contributed by atoms with Gasteiger partial charge in [0.1, 0.15) is 0 Å². The van der Waals surface area contributed by atoms with Crippen molar-refractivity contribution in [3.63, 3.8) is 0 Å². The minimum absolute atomic E-state index is 0.118. The predicted molar refractivity (Wildman–Crippen MR) is 55.1 cm³/mol. The van der Waals surface area contributed by atoms with Crippen LogP contribution in [0.15, 0.2) is 11.3 Å². The summed E-state index contributed by atoms with van der Waals surface area (Å²) in [5, 5.41) is 0. The Morgan fingerprint density at radius 1 is 1.40 bits per heavy atom. The minimum Gasteiger partial charge on any atom is -0.466 e. The number of carbonyl (C=O) groups is 2. The number of ether oxygens (including phenoxy) is 1. The van der Waals surface area contributed by atoms with E-state index in [1.54, 1.807) is 27.9 Å². The summed E-state index contributed by atoms with van der Waals surface area (Å²) < 4.78 is 4.70. The molecule has 84 valence electrons. The molecule has 0 spiro atoms. The van der Waals surface area contributed by atoms with Gasteiger partial charge in [0, 0.05) is 19.8 Å². The van der Waals surface area contributed by atoms with E-state index in [9.17, 15) is 9.59 Å². The van der Waals surface area contributed by atoms with Crippen LogP contribution in [0.3, 0.4) is 0 Å². The van der Waals surface area contributed by atoms with E-state index in [2.05, 4.69) is 0 Å². The molecule has 1 heterocycles. The first-order valence-corrected chi connectivity index (χ1v) is 4.71. The van der Waals surface area contributed by atoms with Crippen molar-refractivity contribution in [3.8, 4) is 0 Å². The van der Waals surface area contributed by atoms with Crippen molar-refractivity contribution in [2.75, 3.05) is 21.2 Å². The quantitative estimate of drug-likeness (QED) is 0.605. The van der Waals surface area contributed by atoms with E-state index in [4.69, 9.17) is 4.74 Å². The average Bonchev–Trinajstić information content (AvgIpc) is 2.23. The second kappa shape index (κ2) is 3.92. The maximum atomic E-state index is 11.7. The van der Waals surface area contributed by atoms with E-state index in [0.717, 1.165) is 0 Å². The van der Waals surface area contributed by atoms with Crippen LogP contribution < -0.4 is 0 Å². The summed E-state index contributed by atoms with van der Waals surface area (Å²) in [4.78, 5) is 26.2. The first kappa shape index (κ1) is 11.6. The Bertz CT molecular complexity index is 336. The third kappa shape index (κ3) is 1.69. The molecule has 0 N–H and O–H groups in total. The molecule has 5 nitrogen and oxygen atoms in total. The van der Waals surface area contributed by atoms with Gasteiger partial charge in [0.05, 0.1) is 18.7 Å². The largest absolute Gasteiger partial charge is 0.466 e. The number of methoxy groups -OCH3 is 1. The van der Waals surface area contributed by atoms with E-state index < -0.39 is 0 Å². The number of carbonyl (C=O) groups excluding carboxylic acids is 2. The maximum Gasteiger partial charge on any atom is 0.337 e. The topological polar surface area (TPSA) is 49.9 Å². The SMILES string of the molecule is COC(=O)C1=C(C)N(C)C(=O)N(C)C1C. The van der Waals surface area contributed by atoms with Crippen molar-refractivity contribution in [1.82, 2.24) is 9.80 Å². The first-order chi connectivity index (χ1) is 6.91. The molecule has 1 aliphatic heterocycles. The average molecular weight is 212 g/mol. The normalized spacial score (nSPS) is 22.2. The lowest BCUT2D eigenvalue weighted by Gasteiger charge is -2.37. The molecule has 1 rings (SSSR count). The minimum atomic E-state index is -0.383. The lowest BCUT2D eigenvalue weighted by Crippen LogP contribution is -2.50. The van der Waals surface area contributed by atoms with E-state index >= 15 is 0 Å². The highest BCUT2D eigenvalue weighted by Gasteiger charge is 2.34. The van der Waals surface area contributed by atoms with Crippen molar-refractivity contribution in [2.45, 2.75) is 19.9 Å². The molecule has 0 aromatic heterocycles. The second-order valence-electron chi connectivity index (χ2n) is 3.62. The number of amides is 2. The van der Waals surface area contributed by atoms with Crippen molar-refractivity contribution in [3.05, 3.63) is 11.3 Å². The fourth-order valence-corrected chi connectivity index (χ4v) is 1.65. The Labute approximate surface area is 89.3 Å². The third-order valence-electron chi connectivity index (χ3n) is 2.89. The van der Waals surface area contributed by atoms with Crippen molar-refractivity contribution >= 4 is 12.0 Å². The molecular weight excluding hydrogens is 196 g/mol. The number of likely N-dealkylation sites (N-methyl/N-ethyl adjacent to an activating group) is 1. The molecule has 1 aliphatic rings. The van der Waals surface area contributed by atoms with Crippen LogP contribution in [0.5, 0.6) is 0 Å². The number of hydrogen-bond acceptors (Lipinski definition) is 3. The van der Waals surface area contributed by atoms with Gasteiger partial charge in [-0.25, -0.2) is 9.59 Å². The van der Waals surface area contributed by atoms with Crippen LogP contribution in [0, 0.1) is 0 Å². The fourth-order valence-electron chi connectivity index (χ4n) is 1.65. The Kier molecular flexibility index (Phi) is 3.02. The van der Waals surface area contributed by atoms with E-state index in [-0.39, 0.29) is 18.0 Å². The van der Waals surface area contributed by atoms with Gasteiger partial charge in [-0.05, 0) is 13.8 Å². The highest BCUT2D eigenvalue weighted by Crippen LogP contribution is 2.24. The molecule has 0 saturated heterocycles. The first-order valence-electron chi connectivity index (χ1n) is 4.71. The second-order valence-corrected chi connectivity index (χ2v) is 3.62. The lowest BCUT2D eigenvalue weighted by molar-refractivity contribution is -0.137. The Morgan fingerprint density at radius 3 is 2.40 bits per heavy atom. The molecule has 1 atom stereocenters. The van der Waals surface area contributed by atoms with Crippen LogP contribution in [0.25, 0.3) is 0 Å². The van der Waals surface area contributed by atoms with Gasteiger partial charge in [-0.15, -0.1) is 0 Å². The molecule has 0 bridgehead atoms. The molecule has 0 aliphatic carbocycles. The summed E-state index contributed by atoms with van der Waals surface area (Å²) in [6.07, 6.45) is 0.